The summed E-state index contributed by atoms with van der Waals surface area (Å²) in [5.41, 5.74) is 3.70. The maximum absolute atomic E-state index is 6.27. The van der Waals surface area contributed by atoms with Gasteiger partial charge in [-0.3, -0.25) is 4.99 Å². The molecule has 0 bridgehead atoms. The van der Waals surface area contributed by atoms with Gasteiger partial charge in [-0.1, -0.05) is 23.7 Å². The molecular weight excluding hydrogens is 360 g/mol. The predicted octanol–water partition coefficient (Wildman–Crippen LogP) is 4.38. The Labute approximate surface area is 161 Å². The fourth-order valence-corrected chi connectivity index (χ4v) is 3.50. The summed E-state index contributed by atoms with van der Waals surface area (Å²) in [6.45, 7) is 1.41. The Balaban J connectivity index is 1.31. The Morgan fingerprint density at radius 3 is 3.04 bits per heavy atom. The van der Waals surface area contributed by atoms with Crippen LogP contribution in [0.1, 0.15) is 18.4 Å². The summed E-state index contributed by atoms with van der Waals surface area (Å²) in [4.78, 5) is 16.6. The summed E-state index contributed by atoms with van der Waals surface area (Å²) in [5.74, 6) is 2.64. The quantitative estimate of drug-likeness (QED) is 0.615. The van der Waals surface area contributed by atoms with Crippen molar-refractivity contribution in [2.45, 2.75) is 19.4 Å². The highest BCUT2D eigenvalue weighted by molar-refractivity contribution is 6.33. The van der Waals surface area contributed by atoms with Crippen molar-refractivity contribution in [2.24, 2.45) is 10.9 Å². The highest BCUT2D eigenvalue weighted by Gasteiger charge is 2.28. The van der Waals surface area contributed by atoms with E-state index in [1.54, 1.807) is 6.20 Å². The van der Waals surface area contributed by atoms with E-state index in [2.05, 4.69) is 54.9 Å². The molecule has 3 aromatic rings. The van der Waals surface area contributed by atoms with Gasteiger partial charge in [-0.15, -0.1) is 0 Å². The number of rotatable bonds is 5. The number of aromatic nitrogens is 3. The number of nitrogens with zero attached hydrogens (tertiary/aromatic N) is 3. The van der Waals surface area contributed by atoms with Crippen molar-refractivity contribution in [3.05, 3.63) is 58.9 Å². The third-order valence-electron chi connectivity index (χ3n) is 4.97. The minimum absolute atomic E-state index is 0.476. The third-order valence-corrected chi connectivity index (χ3v) is 5.25. The number of aliphatic imine (C=N–C) groups is 1. The molecule has 0 atom stereocenters. The third kappa shape index (κ3) is 3.40. The van der Waals surface area contributed by atoms with Crippen molar-refractivity contribution in [1.82, 2.24) is 15.0 Å². The minimum Gasteiger partial charge on any atom is -0.361 e. The fourth-order valence-electron chi connectivity index (χ4n) is 3.36. The highest BCUT2D eigenvalue weighted by atomic mass is 35.5. The van der Waals surface area contributed by atoms with Gasteiger partial charge in [-0.25, -0.2) is 4.98 Å². The Kier molecular flexibility index (Phi) is 4.05. The number of anilines is 2. The second-order valence-electron chi connectivity index (χ2n) is 6.92. The number of amidine groups is 1. The average Bonchev–Trinajstić information content (AvgIpc) is 3.23. The lowest BCUT2D eigenvalue weighted by Gasteiger charge is -2.10. The normalized spacial score (nSPS) is 16.3. The van der Waals surface area contributed by atoms with E-state index in [0.29, 0.717) is 23.3 Å². The Bertz CT molecular complexity index is 1060. The minimum atomic E-state index is 0.476. The number of fused-ring (bicyclic) bond motifs is 1. The van der Waals surface area contributed by atoms with Crippen molar-refractivity contribution in [1.29, 1.82) is 0 Å². The molecule has 0 spiro atoms. The summed E-state index contributed by atoms with van der Waals surface area (Å²) in [6, 6.07) is 8.26. The molecule has 1 aromatic carbocycles. The molecule has 27 heavy (non-hydrogen) atoms. The van der Waals surface area contributed by atoms with Gasteiger partial charge >= 0.3 is 0 Å². The van der Waals surface area contributed by atoms with E-state index in [1.165, 1.54) is 29.4 Å². The van der Waals surface area contributed by atoms with E-state index in [1.807, 2.05) is 12.3 Å². The molecule has 7 heteroatoms. The monoisotopic (exact) mass is 378 g/mol. The molecule has 0 saturated heterocycles. The van der Waals surface area contributed by atoms with Gasteiger partial charge in [-0.2, -0.15) is 4.98 Å². The first-order chi connectivity index (χ1) is 13.3. The predicted molar refractivity (Wildman–Crippen MR) is 109 cm³/mol. The van der Waals surface area contributed by atoms with Gasteiger partial charge in [0.15, 0.2) is 5.82 Å². The zero-order valence-corrected chi connectivity index (χ0v) is 15.4. The van der Waals surface area contributed by atoms with Crippen molar-refractivity contribution < 1.29 is 0 Å². The van der Waals surface area contributed by atoms with Crippen LogP contribution in [0.2, 0.25) is 5.02 Å². The standard InChI is InChI=1S/C20H19ClN6/c21-16-11-25-20(24-9-13-2-1-3-17-15(13)6-7-22-17)27-19(16)26-18-8-14(10-23-18)12-4-5-12/h1-3,6-8,11-12,22H,4-5,9-10H2,(H2,23,24,25,26,27). The van der Waals surface area contributed by atoms with Crippen LogP contribution in [0.15, 0.2) is 53.3 Å². The molecule has 1 fully saturated rings. The molecule has 1 aliphatic carbocycles. The van der Waals surface area contributed by atoms with Gasteiger partial charge in [0.25, 0.3) is 0 Å². The smallest absolute Gasteiger partial charge is 0.224 e. The van der Waals surface area contributed by atoms with Crippen LogP contribution in [0.5, 0.6) is 0 Å². The van der Waals surface area contributed by atoms with Crippen molar-refractivity contribution in [3.8, 4) is 0 Å². The molecule has 1 saturated carbocycles. The zero-order valence-electron chi connectivity index (χ0n) is 14.7. The first-order valence-corrected chi connectivity index (χ1v) is 9.47. The number of halogens is 1. The summed E-state index contributed by atoms with van der Waals surface area (Å²) in [6.07, 6.45) is 8.24. The van der Waals surface area contributed by atoms with Crippen molar-refractivity contribution in [2.75, 3.05) is 17.2 Å². The average molecular weight is 379 g/mol. The number of benzene rings is 1. The molecule has 0 amide bonds. The molecule has 5 rings (SSSR count). The highest BCUT2D eigenvalue weighted by Crippen LogP contribution is 2.38. The van der Waals surface area contributed by atoms with Gasteiger partial charge < -0.3 is 15.6 Å². The van der Waals surface area contributed by atoms with E-state index in [9.17, 15) is 0 Å². The van der Waals surface area contributed by atoms with Crippen molar-refractivity contribution >= 4 is 40.1 Å². The lowest BCUT2D eigenvalue weighted by atomic mass is 10.1. The molecule has 3 heterocycles. The van der Waals surface area contributed by atoms with E-state index < -0.39 is 0 Å². The molecule has 2 aromatic heterocycles. The number of H-pyrrole nitrogens is 1. The van der Waals surface area contributed by atoms with Crippen LogP contribution >= 0.6 is 11.6 Å². The Hall–Kier alpha value is -2.86. The summed E-state index contributed by atoms with van der Waals surface area (Å²) in [7, 11) is 0. The van der Waals surface area contributed by atoms with Gasteiger partial charge in [0.05, 0.1) is 12.7 Å². The van der Waals surface area contributed by atoms with Crippen LogP contribution < -0.4 is 10.6 Å². The Morgan fingerprint density at radius 2 is 2.15 bits per heavy atom. The van der Waals surface area contributed by atoms with Crippen molar-refractivity contribution in [3.63, 3.8) is 0 Å². The van der Waals surface area contributed by atoms with Crippen LogP contribution in [-0.2, 0) is 6.54 Å². The van der Waals surface area contributed by atoms with E-state index in [4.69, 9.17) is 11.6 Å². The largest absolute Gasteiger partial charge is 0.361 e. The van der Waals surface area contributed by atoms with E-state index in [0.717, 1.165) is 23.8 Å². The maximum atomic E-state index is 6.27. The molecule has 0 radical (unpaired) electrons. The molecule has 2 aliphatic rings. The summed E-state index contributed by atoms with van der Waals surface area (Å²) >= 11 is 6.27. The second kappa shape index (κ2) is 6.70. The van der Waals surface area contributed by atoms with Crippen LogP contribution in [0.3, 0.4) is 0 Å². The van der Waals surface area contributed by atoms with Crippen LogP contribution in [-0.4, -0.2) is 27.3 Å². The van der Waals surface area contributed by atoms with Gasteiger partial charge in [0, 0.05) is 23.6 Å². The van der Waals surface area contributed by atoms with Crippen LogP contribution in [0.25, 0.3) is 10.9 Å². The first kappa shape index (κ1) is 16.3. The van der Waals surface area contributed by atoms with Crippen LogP contribution in [0, 0.1) is 5.92 Å². The number of hydrogen-bond donors (Lipinski definition) is 3. The molecule has 0 unspecified atom stereocenters. The lowest BCUT2D eigenvalue weighted by molar-refractivity contribution is 0.959. The van der Waals surface area contributed by atoms with Gasteiger partial charge in [-0.05, 0) is 48.1 Å². The number of aromatic amines is 1. The second-order valence-corrected chi connectivity index (χ2v) is 7.33. The number of nitrogens with one attached hydrogen (secondary N) is 3. The summed E-state index contributed by atoms with van der Waals surface area (Å²) in [5, 5.41) is 8.18. The lowest BCUT2D eigenvalue weighted by Crippen LogP contribution is -2.11. The molecule has 1 aliphatic heterocycles. The number of hydrogen-bond acceptors (Lipinski definition) is 5. The fraction of sp³-hybridized carbons (Fsp3) is 0.250. The van der Waals surface area contributed by atoms with Gasteiger partial charge in [0.1, 0.15) is 10.9 Å². The van der Waals surface area contributed by atoms with E-state index in [-0.39, 0.29) is 0 Å². The topological polar surface area (TPSA) is 78.0 Å². The molecule has 136 valence electrons. The Morgan fingerprint density at radius 1 is 1.22 bits per heavy atom. The van der Waals surface area contributed by atoms with Gasteiger partial charge in [0.2, 0.25) is 5.95 Å². The first-order valence-electron chi connectivity index (χ1n) is 9.09. The zero-order chi connectivity index (χ0) is 18.2. The van der Waals surface area contributed by atoms with E-state index >= 15 is 0 Å². The maximum Gasteiger partial charge on any atom is 0.224 e. The molecule has 3 N–H and O–H groups in total. The SMILES string of the molecule is Clc1cnc(NCc2cccc3[nH]ccc23)nc1NC1=NCC(C2CC2)=C1. The summed E-state index contributed by atoms with van der Waals surface area (Å²) < 4.78 is 0. The molecular formula is C20H19ClN6. The molecule has 6 nitrogen and oxygen atoms in total. The van der Waals surface area contributed by atoms with Crippen LogP contribution in [0.4, 0.5) is 11.8 Å².